The number of amides is 2. The van der Waals surface area contributed by atoms with E-state index in [0.717, 1.165) is 39.1 Å². The Labute approximate surface area is 203 Å². The van der Waals surface area contributed by atoms with E-state index in [4.69, 9.17) is 32.7 Å². The Bertz CT molecular complexity index is 958. The molecule has 2 aliphatic rings. The number of nitrogens with one attached hydrogen (secondary N) is 1. The van der Waals surface area contributed by atoms with Crippen molar-refractivity contribution >= 4 is 40.9 Å². The molecular weight excluding hydrogens is 465 g/mol. The summed E-state index contributed by atoms with van der Waals surface area (Å²) in [5.41, 5.74) is 0.979. The van der Waals surface area contributed by atoms with Gasteiger partial charge in [0.1, 0.15) is 0 Å². The third-order valence-electron chi connectivity index (χ3n) is 6.07. The third kappa shape index (κ3) is 6.18. The zero-order valence-corrected chi connectivity index (χ0v) is 19.7. The number of nitrogens with zero attached hydrogens (tertiary/aromatic N) is 2. The number of morpholine rings is 1. The number of halogens is 2. The molecular formula is C24H27Cl2N3O4. The van der Waals surface area contributed by atoms with Crippen LogP contribution >= 0.6 is 23.2 Å². The van der Waals surface area contributed by atoms with Crippen LogP contribution in [0.5, 0.6) is 0 Å². The summed E-state index contributed by atoms with van der Waals surface area (Å²) in [4.78, 5) is 30.3. The summed E-state index contributed by atoms with van der Waals surface area (Å²) in [6.07, 6.45) is -0.125. The molecule has 7 nitrogen and oxygen atoms in total. The van der Waals surface area contributed by atoms with Crippen molar-refractivity contribution in [1.29, 1.82) is 0 Å². The quantitative estimate of drug-likeness (QED) is 0.661. The maximum absolute atomic E-state index is 13.5. The summed E-state index contributed by atoms with van der Waals surface area (Å²) in [5.74, 6) is -0.269. The lowest BCUT2D eigenvalue weighted by Crippen LogP contribution is -2.51. The minimum Gasteiger partial charge on any atom is -0.431 e. The van der Waals surface area contributed by atoms with Crippen molar-refractivity contribution in [1.82, 2.24) is 9.80 Å². The first-order valence-electron chi connectivity index (χ1n) is 11.1. The molecule has 2 heterocycles. The maximum atomic E-state index is 13.5. The van der Waals surface area contributed by atoms with E-state index >= 15 is 0 Å². The van der Waals surface area contributed by atoms with Crippen LogP contribution in [-0.4, -0.2) is 67.2 Å². The zero-order chi connectivity index (χ0) is 23.2. The fourth-order valence-corrected chi connectivity index (χ4v) is 4.64. The molecule has 0 saturated carbocycles. The summed E-state index contributed by atoms with van der Waals surface area (Å²) < 4.78 is 11.1. The molecule has 1 atom stereocenters. The highest BCUT2D eigenvalue weighted by molar-refractivity contribution is 6.31. The van der Waals surface area contributed by atoms with Crippen LogP contribution in [0.25, 0.3) is 0 Å². The monoisotopic (exact) mass is 491 g/mol. The first-order valence-corrected chi connectivity index (χ1v) is 11.8. The van der Waals surface area contributed by atoms with E-state index < -0.39 is 12.2 Å². The van der Waals surface area contributed by atoms with Gasteiger partial charge >= 0.3 is 6.09 Å². The van der Waals surface area contributed by atoms with Crippen molar-refractivity contribution in [3.05, 3.63) is 64.1 Å². The van der Waals surface area contributed by atoms with Crippen molar-refractivity contribution in [3.8, 4) is 0 Å². The molecule has 0 radical (unpaired) electrons. The van der Waals surface area contributed by atoms with Crippen LogP contribution in [0.1, 0.15) is 24.5 Å². The lowest BCUT2D eigenvalue weighted by atomic mass is 10.0. The van der Waals surface area contributed by atoms with Crippen molar-refractivity contribution in [3.63, 3.8) is 0 Å². The summed E-state index contributed by atoms with van der Waals surface area (Å²) in [6, 6.07) is 14.0. The molecule has 0 spiro atoms. The fourth-order valence-electron chi connectivity index (χ4n) is 4.28. The Morgan fingerprint density at radius 1 is 0.970 bits per heavy atom. The largest absolute Gasteiger partial charge is 0.431 e. The van der Waals surface area contributed by atoms with Crippen LogP contribution in [0.4, 0.5) is 10.5 Å². The fraction of sp³-hybridized carbons (Fsp3) is 0.417. The molecule has 2 aromatic rings. The summed E-state index contributed by atoms with van der Waals surface area (Å²) >= 11 is 12.3. The van der Waals surface area contributed by atoms with Crippen molar-refractivity contribution < 1.29 is 19.1 Å². The second-order valence-electron chi connectivity index (χ2n) is 8.14. The van der Waals surface area contributed by atoms with Crippen LogP contribution in [0.3, 0.4) is 0 Å². The second kappa shape index (κ2) is 11.2. The average Bonchev–Trinajstić information content (AvgIpc) is 2.85. The van der Waals surface area contributed by atoms with Gasteiger partial charge in [-0.3, -0.25) is 15.0 Å². The Kier molecular flexibility index (Phi) is 8.09. The van der Waals surface area contributed by atoms with Gasteiger partial charge in [-0.2, -0.15) is 0 Å². The molecule has 1 N–H and O–H groups in total. The number of rotatable bonds is 5. The molecule has 4 rings (SSSR count). The number of likely N-dealkylation sites (tertiary alicyclic amines) is 1. The second-order valence-corrected chi connectivity index (χ2v) is 8.99. The summed E-state index contributed by atoms with van der Waals surface area (Å²) in [7, 11) is 0. The number of carbonyl (C=O) groups excluding carboxylic acids is 2. The Hall–Kier alpha value is -2.32. The van der Waals surface area contributed by atoms with Gasteiger partial charge in [0.25, 0.3) is 5.91 Å². The summed E-state index contributed by atoms with van der Waals surface area (Å²) in [6.45, 7) is 4.56. The van der Waals surface area contributed by atoms with E-state index in [2.05, 4.69) is 10.2 Å². The predicted molar refractivity (Wildman–Crippen MR) is 128 cm³/mol. The minimum atomic E-state index is -1.13. The van der Waals surface area contributed by atoms with Gasteiger partial charge in [0.15, 0.2) is 0 Å². The average molecular weight is 492 g/mol. The lowest BCUT2D eigenvalue weighted by Gasteiger charge is -2.40. The molecule has 2 fully saturated rings. The summed E-state index contributed by atoms with van der Waals surface area (Å²) in [5, 5.41) is 3.57. The van der Waals surface area contributed by atoms with Crippen molar-refractivity contribution in [2.45, 2.75) is 25.0 Å². The number of hydrogen-bond donors (Lipinski definition) is 1. The number of hydrogen-bond acceptors (Lipinski definition) is 5. The van der Waals surface area contributed by atoms with E-state index in [-0.39, 0.29) is 5.91 Å². The number of piperidine rings is 1. The van der Waals surface area contributed by atoms with E-state index in [0.29, 0.717) is 40.4 Å². The highest BCUT2D eigenvalue weighted by Crippen LogP contribution is 2.29. The zero-order valence-electron chi connectivity index (χ0n) is 18.2. The van der Waals surface area contributed by atoms with Crippen molar-refractivity contribution in [2.24, 2.45) is 0 Å². The van der Waals surface area contributed by atoms with Crippen molar-refractivity contribution in [2.75, 3.05) is 44.7 Å². The molecule has 2 aromatic carbocycles. The smallest absolute Gasteiger partial charge is 0.412 e. The molecule has 9 heteroatoms. The normalized spacial score (nSPS) is 18.5. The number of ether oxygens (including phenoxy) is 2. The van der Waals surface area contributed by atoms with Gasteiger partial charge in [-0.25, -0.2) is 4.79 Å². The SMILES string of the molecule is O=C(Nc1ccc(Cl)cc1)O[C@@H](C(=O)N1CCC(N2CCOCC2)CC1)c1ccccc1Cl. The van der Waals surface area contributed by atoms with Crippen LogP contribution in [-0.2, 0) is 14.3 Å². The van der Waals surface area contributed by atoms with Crippen LogP contribution < -0.4 is 5.32 Å². The minimum absolute atomic E-state index is 0.269. The molecule has 0 unspecified atom stereocenters. The topological polar surface area (TPSA) is 71.1 Å². The molecule has 2 amide bonds. The third-order valence-corrected chi connectivity index (χ3v) is 6.66. The Morgan fingerprint density at radius 2 is 1.64 bits per heavy atom. The van der Waals surface area contributed by atoms with Gasteiger partial charge in [0, 0.05) is 53.5 Å². The number of benzene rings is 2. The molecule has 0 aromatic heterocycles. The van der Waals surface area contributed by atoms with Gasteiger partial charge in [0.2, 0.25) is 6.10 Å². The van der Waals surface area contributed by atoms with E-state index in [1.54, 1.807) is 53.4 Å². The maximum Gasteiger partial charge on any atom is 0.412 e. The van der Waals surface area contributed by atoms with Gasteiger partial charge in [-0.15, -0.1) is 0 Å². The molecule has 2 saturated heterocycles. The predicted octanol–water partition coefficient (Wildman–Crippen LogP) is 4.61. The van der Waals surface area contributed by atoms with Crippen LogP contribution in [0.15, 0.2) is 48.5 Å². The van der Waals surface area contributed by atoms with E-state index in [1.807, 2.05) is 0 Å². The highest BCUT2D eigenvalue weighted by atomic mass is 35.5. The standard InChI is InChI=1S/C24H27Cl2N3O4/c25-17-5-7-18(8-6-17)27-24(31)33-22(20-3-1-2-4-21(20)26)23(30)29-11-9-19(10-12-29)28-13-15-32-16-14-28/h1-8,19,22H,9-16H2,(H,27,31)/t22-/m1/s1. The highest BCUT2D eigenvalue weighted by Gasteiger charge is 2.34. The van der Waals surface area contributed by atoms with Gasteiger partial charge in [0.05, 0.1) is 13.2 Å². The molecule has 2 aliphatic heterocycles. The van der Waals surface area contributed by atoms with Gasteiger partial charge in [-0.05, 0) is 43.2 Å². The molecule has 0 bridgehead atoms. The van der Waals surface area contributed by atoms with Crippen LogP contribution in [0.2, 0.25) is 10.0 Å². The number of anilines is 1. The first-order chi connectivity index (χ1) is 16.0. The Balaban J connectivity index is 1.44. The number of carbonyl (C=O) groups is 2. The first kappa shape index (κ1) is 23.8. The molecule has 33 heavy (non-hydrogen) atoms. The lowest BCUT2D eigenvalue weighted by molar-refractivity contribution is -0.142. The van der Waals surface area contributed by atoms with Crippen LogP contribution in [0, 0.1) is 0 Å². The molecule has 0 aliphatic carbocycles. The van der Waals surface area contributed by atoms with Gasteiger partial charge < -0.3 is 14.4 Å². The molecule has 176 valence electrons. The van der Waals surface area contributed by atoms with E-state index in [1.165, 1.54) is 0 Å². The van der Waals surface area contributed by atoms with E-state index in [9.17, 15) is 9.59 Å². The van der Waals surface area contributed by atoms with Gasteiger partial charge in [-0.1, -0.05) is 41.4 Å². The Morgan fingerprint density at radius 3 is 2.30 bits per heavy atom.